The fourth-order valence-corrected chi connectivity index (χ4v) is 3.21. The van der Waals surface area contributed by atoms with Gasteiger partial charge in [0, 0.05) is 39.6 Å². The second-order valence-corrected chi connectivity index (χ2v) is 13.0. The molecular weight excluding hydrogens is 658 g/mol. The zero-order chi connectivity index (χ0) is 29.9. The molecule has 2 bridgehead atoms. The average Bonchev–Trinajstić information content (AvgIpc) is 2.69. The van der Waals surface area contributed by atoms with Crippen LogP contribution in [0.2, 0.25) is 0 Å². The molecule has 2 aliphatic heterocycles. The SMILES string of the molecule is CC#N.CN1CC[NH+](C)CCN2CC[NH+](C)CC[NH+](CC1)CC2.F[P-](F)(F)(F)(F)F.F[P-](F)(F)(F)(F)F.[Br-]. The van der Waals surface area contributed by atoms with Gasteiger partial charge in [0.15, 0.2) is 0 Å². The molecule has 2 rings (SSSR count). The van der Waals surface area contributed by atoms with Crippen LogP contribution in [0.25, 0.3) is 0 Å². The number of hydrogen-bond acceptors (Lipinski definition) is 3. The topological polar surface area (TPSA) is 43.6 Å². The van der Waals surface area contributed by atoms with E-state index in [0.717, 1.165) is 0 Å². The minimum atomic E-state index is -10.7. The summed E-state index contributed by atoms with van der Waals surface area (Å²) in [5.74, 6) is 0. The van der Waals surface area contributed by atoms with Crippen LogP contribution in [0.1, 0.15) is 6.92 Å². The van der Waals surface area contributed by atoms with Crippen molar-refractivity contribution in [2.45, 2.75) is 6.92 Å². The molecule has 2 aliphatic rings. The van der Waals surface area contributed by atoms with Crippen molar-refractivity contribution in [2.24, 2.45) is 0 Å². The van der Waals surface area contributed by atoms with Crippen molar-refractivity contribution in [1.82, 2.24) is 9.80 Å². The quantitative estimate of drug-likeness (QED) is 0.236. The Hall–Kier alpha value is -0.210. The van der Waals surface area contributed by atoms with Crippen LogP contribution < -0.4 is 31.7 Å². The number of halogens is 13. The molecule has 0 amide bonds. The van der Waals surface area contributed by atoms with Crippen molar-refractivity contribution < 1.29 is 82.0 Å². The van der Waals surface area contributed by atoms with Gasteiger partial charge in [-0.15, -0.1) is 0 Å². The molecule has 0 spiro atoms. The fourth-order valence-electron chi connectivity index (χ4n) is 3.21. The van der Waals surface area contributed by atoms with E-state index < -0.39 is 15.6 Å². The first kappa shape index (κ1) is 42.3. The number of nitrogens with zero attached hydrogens (tertiary/aromatic N) is 3. The average molecular weight is 697 g/mol. The molecule has 238 valence electrons. The molecule has 0 radical (unpaired) electrons. The third kappa shape index (κ3) is 48.8. The van der Waals surface area contributed by atoms with Gasteiger partial charge in [-0.3, -0.25) is 9.80 Å². The Bertz CT molecular complexity index is 640. The van der Waals surface area contributed by atoms with Crippen LogP contribution in [-0.4, -0.2) is 109 Å². The molecule has 0 aliphatic carbocycles. The van der Waals surface area contributed by atoms with Crippen molar-refractivity contribution in [1.29, 1.82) is 5.26 Å². The minimum absolute atomic E-state index is 0. The van der Waals surface area contributed by atoms with Crippen molar-refractivity contribution in [3.63, 3.8) is 0 Å². The largest absolute Gasteiger partial charge is 1.00 e. The van der Waals surface area contributed by atoms with Gasteiger partial charge in [0.1, 0.15) is 13.1 Å². The number of rotatable bonds is 0. The number of likely N-dealkylation sites (N-methyl/N-ethyl adjacent to an activating group) is 3. The Morgan fingerprint density at radius 2 is 0.842 bits per heavy atom. The van der Waals surface area contributed by atoms with Gasteiger partial charge < -0.3 is 31.7 Å². The summed E-state index contributed by atoms with van der Waals surface area (Å²) in [4.78, 5) is 10.4. The van der Waals surface area contributed by atoms with Gasteiger partial charge in [0.2, 0.25) is 0 Å². The minimum Gasteiger partial charge on any atom is -1.00 e. The molecule has 6 nitrogen and oxygen atoms in total. The van der Waals surface area contributed by atoms with E-state index in [9.17, 15) is 50.4 Å². The maximum absolute atomic E-state index is 10.7. The van der Waals surface area contributed by atoms with Gasteiger partial charge in [0.25, 0.3) is 0 Å². The Labute approximate surface area is 225 Å². The van der Waals surface area contributed by atoms with E-state index in [1.807, 2.05) is 4.90 Å². The Balaban J connectivity index is -0.000000564. The van der Waals surface area contributed by atoms with Crippen LogP contribution in [-0.2, 0) is 0 Å². The molecule has 0 aromatic carbocycles. The molecular formula is C17H39BrF12N6P2. The second-order valence-electron chi connectivity index (χ2n) is 9.20. The molecule has 0 aromatic heterocycles. The standard InChI is InChI=1S/C15H33N5.C2H3N.BrH.2F6P/c1-16-4-5-17(2)7-11-20-13-9-18(3)8-12-19(10-6-16)14-15-20;1-2-3;;2*1-7(2,3,4,5)6/h4-15H2,1-3H3;1H3;1H;;/q;;;2*-1/p+2. The molecule has 21 heteroatoms. The summed E-state index contributed by atoms with van der Waals surface area (Å²) in [7, 11) is -14.3. The molecule has 38 heavy (non-hydrogen) atoms. The van der Waals surface area contributed by atoms with E-state index in [0.29, 0.717) is 0 Å². The monoisotopic (exact) mass is 696 g/mol. The second kappa shape index (κ2) is 14.1. The van der Waals surface area contributed by atoms with Gasteiger partial charge in [-0.1, -0.05) is 0 Å². The molecule has 2 fully saturated rings. The maximum Gasteiger partial charge on any atom is -1.00 e. The molecule has 4 atom stereocenters. The summed E-state index contributed by atoms with van der Waals surface area (Å²) in [5, 5.41) is 7.32. The molecule has 0 saturated carbocycles. The van der Waals surface area contributed by atoms with Crippen LogP contribution in [0, 0.1) is 11.3 Å². The fraction of sp³-hybridized carbons (Fsp3) is 0.941. The van der Waals surface area contributed by atoms with Gasteiger partial charge >= 0.3 is 66.0 Å². The van der Waals surface area contributed by atoms with E-state index in [1.165, 1.54) is 85.5 Å². The van der Waals surface area contributed by atoms with Crippen molar-refractivity contribution in [3.05, 3.63) is 0 Å². The van der Waals surface area contributed by atoms with Crippen LogP contribution in [0.5, 0.6) is 0 Å². The number of fused-ring (bicyclic) bond motifs is 3. The Morgan fingerprint density at radius 1 is 0.579 bits per heavy atom. The van der Waals surface area contributed by atoms with E-state index in [2.05, 4.69) is 30.9 Å². The Morgan fingerprint density at radius 3 is 1.24 bits per heavy atom. The van der Waals surface area contributed by atoms with Crippen molar-refractivity contribution in [3.8, 4) is 6.07 Å². The van der Waals surface area contributed by atoms with E-state index in [4.69, 9.17) is 5.26 Å². The van der Waals surface area contributed by atoms with Crippen LogP contribution in [0.3, 0.4) is 0 Å². The smallest absolute Gasteiger partial charge is 1.00 e. The van der Waals surface area contributed by atoms with Gasteiger partial charge in [0.05, 0.1) is 52.9 Å². The van der Waals surface area contributed by atoms with E-state index >= 15 is 0 Å². The first-order chi connectivity index (χ1) is 15.9. The summed E-state index contributed by atoms with van der Waals surface area (Å²) < 4.78 is 118. The summed E-state index contributed by atoms with van der Waals surface area (Å²) >= 11 is 0. The summed E-state index contributed by atoms with van der Waals surface area (Å²) in [6, 6.07) is 1.75. The first-order valence-corrected chi connectivity index (χ1v) is 15.3. The number of quaternary nitrogens is 3. The molecule has 3 N–H and O–H groups in total. The third-order valence-electron chi connectivity index (χ3n) is 5.16. The van der Waals surface area contributed by atoms with E-state index in [-0.39, 0.29) is 17.0 Å². The summed E-state index contributed by atoms with van der Waals surface area (Å²) in [6.07, 6.45) is 0. The molecule has 2 heterocycles. The first-order valence-electron chi connectivity index (χ1n) is 11.3. The molecule has 4 unspecified atom stereocenters. The van der Waals surface area contributed by atoms with Crippen molar-refractivity contribution >= 4 is 15.6 Å². The van der Waals surface area contributed by atoms with E-state index in [1.54, 1.807) is 15.9 Å². The van der Waals surface area contributed by atoms with Gasteiger partial charge in [-0.25, -0.2) is 0 Å². The molecule has 0 aromatic rings. The zero-order valence-electron chi connectivity index (χ0n) is 21.6. The van der Waals surface area contributed by atoms with Crippen molar-refractivity contribution in [2.75, 3.05) is 99.7 Å². The number of hydrogen-bond donors (Lipinski definition) is 3. The summed E-state index contributed by atoms with van der Waals surface area (Å²) in [5.41, 5.74) is 0. The van der Waals surface area contributed by atoms with Gasteiger partial charge in [-0.2, -0.15) is 5.26 Å². The number of nitrogens with one attached hydrogen (secondary N) is 3. The van der Waals surface area contributed by atoms with Crippen LogP contribution in [0.4, 0.5) is 50.4 Å². The zero-order valence-corrected chi connectivity index (χ0v) is 25.0. The summed E-state index contributed by atoms with van der Waals surface area (Å²) in [6.45, 7) is 17.0. The maximum atomic E-state index is 9.87. The Kier molecular flexibility index (Phi) is 15.7. The van der Waals surface area contributed by atoms with Crippen LogP contribution >= 0.6 is 15.6 Å². The number of nitriles is 1. The predicted molar refractivity (Wildman–Crippen MR) is 121 cm³/mol. The van der Waals surface area contributed by atoms with Crippen LogP contribution in [0.15, 0.2) is 0 Å². The normalized spacial score (nSPS) is 29.3. The predicted octanol–water partition coefficient (Wildman–Crippen LogP) is -0.540. The van der Waals surface area contributed by atoms with Gasteiger partial charge in [-0.05, 0) is 7.05 Å². The third-order valence-corrected chi connectivity index (χ3v) is 5.16. The molecule has 2 saturated heterocycles.